The topological polar surface area (TPSA) is 88.5 Å². The van der Waals surface area contributed by atoms with Crippen LogP contribution in [-0.2, 0) is 10.0 Å². The Hall–Kier alpha value is -3.96. The first-order valence-electron chi connectivity index (χ1n) is 10.8. The highest BCUT2D eigenvalue weighted by atomic mass is 32.2. The van der Waals surface area contributed by atoms with E-state index in [1.807, 2.05) is 24.3 Å². The SMILES string of the molecule is O=S(=O)(Nc1cc(Sc2cccc3cccnc23)c(O)c2ccccc12)c1ccccc1OC(F)(F)F. The summed E-state index contributed by atoms with van der Waals surface area (Å²) in [6.07, 6.45) is -3.43. The van der Waals surface area contributed by atoms with E-state index in [4.69, 9.17) is 0 Å². The molecule has 2 N–H and O–H groups in total. The number of hydrogen-bond acceptors (Lipinski definition) is 6. The second-order valence-electron chi connectivity index (χ2n) is 7.85. The number of alkyl halides is 3. The van der Waals surface area contributed by atoms with Gasteiger partial charge in [0.2, 0.25) is 0 Å². The second kappa shape index (κ2) is 9.49. The fourth-order valence-electron chi connectivity index (χ4n) is 3.85. The summed E-state index contributed by atoms with van der Waals surface area (Å²) in [5, 5.41) is 12.6. The summed E-state index contributed by atoms with van der Waals surface area (Å²) >= 11 is 1.18. The van der Waals surface area contributed by atoms with Crippen molar-refractivity contribution in [2.24, 2.45) is 0 Å². The molecule has 0 spiro atoms. The highest BCUT2D eigenvalue weighted by molar-refractivity contribution is 7.99. The average Bonchev–Trinajstić information content (AvgIpc) is 2.86. The molecule has 188 valence electrons. The monoisotopic (exact) mass is 542 g/mol. The van der Waals surface area contributed by atoms with Gasteiger partial charge in [-0.25, -0.2) is 8.42 Å². The maximum atomic E-state index is 13.2. The highest BCUT2D eigenvalue weighted by Gasteiger charge is 2.34. The van der Waals surface area contributed by atoms with Crippen molar-refractivity contribution in [3.8, 4) is 11.5 Å². The molecule has 11 heteroatoms. The summed E-state index contributed by atoms with van der Waals surface area (Å²) in [6.45, 7) is 0. The number of rotatable bonds is 6. The van der Waals surface area contributed by atoms with E-state index in [2.05, 4.69) is 14.4 Å². The number of fused-ring (bicyclic) bond motifs is 2. The molecule has 0 atom stereocenters. The zero-order valence-electron chi connectivity index (χ0n) is 18.7. The predicted octanol–water partition coefficient (Wildman–Crippen LogP) is 6.94. The standard InChI is InChI=1S/C26H17F3N2O4S2/c27-26(28,29)35-20-11-3-4-13-23(20)37(33,34)31-19-15-22(25(32)18-10-2-1-9-17(18)19)36-21-12-5-7-16-8-6-14-30-24(16)21/h1-15,31-32H. The van der Waals surface area contributed by atoms with Gasteiger partial charge in [-0.2, -0.15) is 0 Å². The van der Waals surface area contributed by atoms with Crippen molar-refractivity contribution in [1.29, 1.82) is 0 Å². The number of pyridine rings is 1. The van der Waals surface area contributed by atoms with Crippen LogP contribution in [0, 0.1) is 0 Å². The van der Waals surface area contributed by atoms with E-state index in [1.54, 1.807) is 36.5 Å². The minimum atomic E-state index is -5.08. The number of benzene rings is 4. The lowest BCUT2D eigenvalue weighted by Gasteiger charge is -2.17. The largest absolute Gasteiger partial charge is 0.573 e. The van der Waals surface area contributed by atoms with E-state index in [-0.39, 0.29) is 11.4 Å². The molecule has 1 aromatic heterocycles. The Morgan fingerprint density at radius 1 is 0.865 bits per heavy atom. The molecule has 6 nitrogen and oxygen atoms in total. The molecule has 37 heavy (non-hydrogen) atoms. The number of ether oxygens (including phenoxy) is 1. The molecule has 5 aromatic rings. The Morgan fingerprint density at radius 3 is 2.35 bits per heavy atom. The number of aromatic nitrogens is 1. The molecular weight excluding hydrogens is 525 g/mol. The van der Waals surface area contributed by atoms with Crippen molar-refractivity contribution in [1.82, 2.24) is 4.98 Å². The van der Waals surface area contributed by atoms with Crippen LogP contribution in [0.5, 0.6) is 11.5 Å². The third kappa shape index (κ3) is 5.13. The van der Waals surface area contributed by atoms with Crippen molar-refractivity contribution in [3.05, 3.63) is 91.1 Å². The smallest absolute Gasteiger partial charge is 0.506 e. The Bertz CT molecular complexity index is 1740. The molecule has 0 aliphatic carbocycles. The number of nitrogens with zero attached hydrogens (tertiary/aromatic N) is 1. The summed E-state index contributed by atoms with van der Waals surface area (Å²) in [4.78, 5) is 4.78. The number of hydrogen-bond donors (Lipinski definition) is 2. The molecule has 0 bridgehead atoms. The fourth-order valence-corrected chi connectivity index (χ4v) is 6.09. The highest BCUT2D eigenvalue weighted by Crippen LogP contribution is 2.44. The molecule has 0 fully saturated rings. The van der Waals surface area contributed by atoms with Gasteiger partial charge in [-0.3, -0.25) is 9.71 Å². The van der Waals surface area contributed by atoms with Gasteiger partial charge in [-0.1, -0.05) is 66.4 Å². The van der Waals surface area contributed by atoms with Crippen LogP contribution in [0.15, 0.2) is 106 Å². The number of phenolic OH excluding ortho intramolecular Hbond substituents is 1. The lowest BCUT2D eigenvalue weighted by atomic mass is 10.1. The van der Waals surface area contributed by atoms with Gasteiger partial charge in [-0.15, -0.1) is 13.2 Å². The van der Waals surface area contributed by atoms with Gasteiger partial charge in [0.05, 0.1) is 16.1 Å². The minimum absolute atomic E-state index is 0.0720. The number of para-hydroxylation sites is 2. The molecular formula is C26H17F3N2O4S2. The van der Waals surface area contributed by atoms with Crippen LogP contribution in [-0.4, -0.2) is 24.9 Å². The molecule has 0 amide bonds. The Balaban J connectivity index is 1.61. The lowest BCUT2D eigenvalue weighted by Crippen LogP contribution is -2.21. The molecule has 1 heterocycles. The van der Waals surface area contributed by atoms with Crippen LogP contribution in [0.4, 0.5) is 18.9 Å². The van der Waals surface area contributed by atoms with Crippen LogP contribution in [0.2, 0.25) is 0 Å². The minimum Gasteiger partial charge on any atom is -0.506 e. The lowest BCUT2D eigenvalue weighted by molar-refractivity contribution is -0.275. The van der Waals surface area contributed by atoms with Gasteiger partial charge < -0.3 is 9.84 Å². The quantitative estimate of drug-likeness (QED) is 0.226. The van der Waals surface area contributed by atoms with Crippen LogP contribution >= 0.6 is 11.8 Å². The molecule has 0 aliphatic rings. The van der Waals surface area contributed by atoms with Crippen LogP contribution in [0.3, 0.4) is 0 Å². The predicted molar refractivity (Wildman–Crippen MR) is 135 cm³/mol. The van der Waals surface area contributed by atoms with Crippen LogP contribution in [0.1, 0.15) is 0 Å². The summed E-state index contributed by atoms with van der Waals surface area (Å²) < 4.78 is 71.5. The molecule has 4 aromatic carbocycles. The normalized spacial score (nSPS) is 12.1. The number of halogens is 3. The first-order valence-corrected chi connectivity index (χ1v) is 13.1. The first-order chi connectivity index (χ1) is 17.6. The maximum absolute atomic E-state index is 13.2. The number of phenols is 1. The number of aromatic hydroxyl groups is 1. The van der Waals surface area contributed by atoms with Crippen molar-refractivity contribution in [2.45, 2.75) is 21.0 Å². The van der Waals surface area contributed by atoms with Crippen LogP contribution < -0.4 is 9.46 Å². The van der Waals surface area contributed by atoms with Crippen molar-refractivity contribution < 1.29 is 31.4 Å². The Kier molecular flexibility index (Phi) is 6.34. The van der Waals surface area contributed by atoms with Gasteiger partial charge in [0.1, 0.15) is 16.4 Å². The summed E-state index contributed by atoms with van der Waals surface area (Å²) in [5.74, 6) is -0.931. The first kappa shape index (κ1) is 24.7. The van der Waals surface area contributed by atoms with Crippen molar-refractivity contribution in [3.63, 3.8) is 0 Å². The molecule has 0 aliphatic heterocycles. The summed E-state index contributed by atoms with van der Waals surface area (Å²) in [6, 6.07) is 21.7. The van der Waals surface area contributed by atoms with E-state index >= 15 is 0 Å². The molecule has 0 saturated carbocycles. The van der Waals surface area contributed by atoms with Gasteiger partial charge >= 0.3 is 6.36 Å². The molecule has 5 rings (SSSR count). The average molecular weight is 543 g/mol. The molecule has 0 saturated heterocycles. The second-order valence-corrected chi connectivity index (χ2v) is 10.6. The third-order valence-corrected chi connectivity index (χ3v) is 7.89. The molecule has 0 unspecified atom stereocenters. The maximum Gasteiger partial charge on any atom is 0.573 e. The van der Waals surface area contributed by atoms with E-state index < -0.39 is 27.0 Å². The van der Waals surface area contributed by atoms with Gasteiger partial charge in [0, 0.05) is 27.3 Å². The summed E-state index contributed by atoms with van der Waals surface area (Å²) in [7, 11) is -4.52. The van der Waals surface area contributed by atoms with Crippen molar-refractivity contribution in [2.75, 3.05) is 4.72 Å². The fraction of sp³-hybridized carbons (Fsp3) is 0.0385. The Labute approximate surface area is 213 Å². The number of nitrogens with one attached hydrogen (secondary N) is 1. The van der Waals surface area contributed by atoms with Gasteiger partial charge in [-0.05, 0) is 30.3 Å². The van der Waals surface area contributed by atoms with E-state index in [1.165, 1.54) is 30.0 Å². The zero-order valence-corrected chi connectivity index (χ0v) is 20.4. The number of sulfonamides is 1. The Morgan fingerprint density at radius 2 is 1.57 bits per heavy atom. The van der Waals surface area contributed by atoms with Gasteiger partial charge in [0.15, 0.2) is 0 Å². The van der Waals surface area contributed by atoms with Crippen LogP contribution in [0.25, 0.3) is 21.7 Å². The van der Waals surface area contributed by atoms with Crippen molar-refractivity contribution >= 4 is 49.1 Å². The summed E-state index contributed by atoms with van der Waals surface area (Å²) in [5.41, 5.74) is 0.772. The van der Waals surface area contributed by atoms with E-state index in [9.17, 15) is 26.7 Å². The van der Waals surface area contributed by atoms with E-state index in [0.29, 0.717) is 21.2 Å². The zero-order chi connectivity index (χ0) is 26.2. The third-order valence-electron chi connectivity index (χ3n) is 5.41. The number of anilines is 1. The van der Waals surface area contributed by atoms with E-state index in [0.717, 1.165) is 22.4 Å². The van der Waals surface area contributed by atoms with Gasteiger partial charge in [0.25, 0.3) is 10.0 Å². The molecule has 0 radical (unpaired) electrons.